The van der Waals surface area contributed by atoms with Crippen LogP contribution in [-0.2, 0) is 0 Å². The lowest BCUT2D eigenvalue weighted by molar-refractivity contribution is -0.599. The lowest BCUT2D eigenvalue weighted by Gasteiger charge is -3.06. The Hall–Kier alpha value is 0. The number of fused-ring (bicyclic) bond motifs is 4. The minimum Gasteiger partial charge on any atom is -0.0619 e. The van der Waals surface area contributed by atoms with Crippen LogP contribution in [0, 0.1) is 74.9 Å². The van der Waals surface area contributed by atoms with E-state index < -0.39 is 0 Å². The van der Waals surface area contributed by atoms with Gasteiger partial charge in [0.1, 0.15) is 0 Å². The molecule has 8 aliphatic rings. The highest BCUT2D eigenvalue weighted by Crippen LogP contribution is 3.16. The highest BCUT2D eigenvalue weighted by molar-refractivity contribution is 5.58. The Morgan fingerprint density at radius 3 is 2.16 bits per heavy atom. The van der Waals surface area contributed by atoms with Crippen LogP contribution in [0.2, 0.25) is 0 Å². The van der Waals surface area contributed by atoms with Gasteiger partial charge in [-0.1, -0.05) is 20.8 Å². The molecule has 13 atom stereocenters. The molecule has 0 radical (unpaired) electrons. The van der Waals surface area contributed by atoms with Gasteiger partial charge < -0.3 is 0 Å². The Kier molecular flexibility index (Phi) is 0.855. The molecule has 0 aromatic carbocycles. The van der Waals surface area contributed by atoms with Crippen LogP contribution in [0.4, 0.5) is 0 Å². The topological polar surface area (TPSA) is 0 Å². The largest absolute Gasteiger partial charge is 0.0619 e. The van der Waals surface area contributed by atoms with Gasteiger partial charge in [-0.3, -0.25) is 0 Å². The summed E-state index contributed by atoms with van der Waals surface area (Å²) in [6, 6.07) is 0. The smallest absolute Gasteiger partial charge is 0.0102 e. The van der Waals surface area contributed by atoms with Gasteiger partial charge in [0.25, 0.3) is 0 Å². The number of hydrogen-bond donors (Lipinski definition) is 0. The SMILES string of the molecule is CC1CC2C3C4CC5CC6C7C8C(C)C12C8(C)C37C546. The third kappa shape index (κ3) is 0.361. The summed E-state index contributed by atoms with van der Waals surface area (Å²) in [6.07, 6.45) is 4.96. The maximum atomic E-state index is 2.81. The maximum absolute atomic E-state index is 2.81. The average Bonchev–Trinajstić information content (AvgIpc) is 2.35. The molecule has 0 amide bonds. The summed E-state index contributed by atoms with van der Waals surface area (Å²) in [6.45, 7) is 8.11. The second-order valence-electron chi connectivity index (χ2n) is 10.4. The van der Waals surface area contributed by atoms with Gasteiger partial charge in [-0.05, 0) is 94.2 Å². The van der Waals surface area contributed by atoms with Gasteiger partial charge in [0.2, 0.25) is 0 Å². The van der Waals surface area contributed by atoms with E-state index in [2.05, 4.69) is 20.8 Å². The first-order valence-corrected chi connectivity index (χ1v) is 9.12. The molecule has 0 aromatic rings. The van der Waals surface area contributed by atoms with Crippen LogP contribution < -0.4 is 0 Å². The lowest BCUT2D eigenvalue weighted by atomic mass is 8.97. The molecule has 0 N–H and O–H groups in total. The predicted octanol–water partition coefficient (Wildman–Crippen LogP) is 3.82. The van der Waals surface area contributed by atoms with Crippen LogP contribution in [0.5, 0.6) is 0 Å². The Balaban J connectivity index is 1.49. The fraction of sp³-hybridized carbons (Fsp3) is 1.00. The molecule has 0 aliphatic heterocycles. The molecule has 0 heterocycles. The van der Waals surface area contributed by atoms with Crippen molar-refractivity contribution in [3.05, 3.63) is 0 Å². The van der Waals surface area contributed by atoms with Crippen molar-refractivity contribution in [2.24, 2.45) is 74.9 Å². The van der Waals surface area contributed by atoms with Crippen LogP contribution in [0.1, 0.15) is 40.0 Å². The summed E-state index contributed by atoms with van der Waals surface area (Å²) in [4.78, 5) is 0. The van der Waals surface area contributed by atoms with E-state index in [4.69, 9.17) is 0 Å². The maximum Gasteiger partial charge on any atom is -0.0102 e. The van der Waals surface area contributed by atoms with Crippen molar-refractivity contribution in [3.63, 3.8) is 0 Å². The summed E-state index contributed by atoms with van der Waals surface area (Å²) < 4.78 is 0. The standard InChI is InChI=1S/C19H24/c1-7-4-10-14-11-5-9-6-12-15-13-8(2)17(7,10)16(13,3)19(14,15)18(9,11)12/h7-15H,4-6H2,1-3H3. The Bertz CT molecular complexity index is 622. The molecule has 8 saturated carbocycles. The third-order valence-corrected chi connectivity index (χ3v) is 12.2. The fourth-order valence-electron chi connectivity index (χ4n) is 13.2. The molecule has 8 aliphatic carbocycles. The van der Waals surface area contributed by atoms with E-state index in [1.165, 1.54) is 41.4 Å². The summed E-state index contributed by atoms with van der Waals surface area (Å²) in [7, 11) is 0. The second kappa shape index (κ2) is 1.78. The van der Waals surface area contributed by atoms with Gasteiger partial charge in [0.05, 0.1) is 0 Å². The fourth-order valence-corrected chi connectivity index (χ4v) is 13.2. The van der Waals surface area contributed by atoms with Gasteiger partial charge >= 0.3 is 0 Å². The van der Waals surface area contributed by atoms with E-state index in [9.17, 15) is 0 Å². The Labute approximate surface area is 115 Å². The van der Waals surface area contributed by atoms with Crippen LogP contribution in [-0.4, -0.2) is 0 Å². The first-order chi connectivity index (χ1) is 9.12. The van der Waals surface area contributed by atoms with Crippen molar-refractivity contribution in [2.45, 2.75) is 40.0 Å². The van der Waals surface area contributed by atoms with Crippen LogP contribution >= 0.6 is 0 Å². The molecule has 0 aromatic heterocycles. The summed E-state index contributed by atoms with van der Waals surface area (Å²) in [5.74, 6) is 10.8. The zero-order valence-corrected chi connectivity index (χ0v) is 12.3. The predicted molar refractivity (Wildman–Crippen MR) is 72.0 cm³/mol. The van der Waals surface area contributed by atoms with Gasteiger partial charge in [0, 0.05) is 0 Å². The minimum atomic E-state index is 0.850. The van der Waals surface area contributed by atoms with E-state index in [0.29, 0.717) is 0 Å². The monoisotopic (exact) mass is 252 g/mol. The van der Waals surface area contributed by atoms with Gasteiger partial charge in [-0.2, -0.15) is 0 Å². The summed E-state index contributed by atoms with van der Waals surface area (Å²) >= 11 is 0. The minimum absolute atomic E-state index is 0.850. The van der Waals surface area contributed by atoms with E-state index in [-0.39, 0.29) is 0 Å². The lowest BCUT2D eigenvalue weighted by Crippen LogP contribution is -3.03. The molecule has 0 bridgehead atoms. The summed E-state index contributed by atoms with van der Waals surface area (Å²) in [5, 5.41) is 0. The Morgan fingerprint density at radius 1 is 0.789 bits per heavy atom. The van der Waals surface area contributed by atoms with Crippen LogP contribution in [0.15, 0.2) is 0 Å². The molecule has 8 rings (SSSR count). The van der Waals surface area contributed by atoms with Crippen molar-refractivity contribution < 1.29 is 0 Å². The van der Waals surface area contributed by atoms with E-state index >= 15 is 0 Å². The molecule has 0 nitrogen and oxygen atoms in total. The normalized spacial score (nSPS) is 95.8. The summed E-state index contributed by atoms with van der Waals surface area (Å²) in [5.41, 5.74) is 3.67. The van der Waals surface area contributed by atoms with Crippen molar-refractivity contribution in [3.8, 4) is 0 Å². The van der Waals surface area contributed by atoms with Gasteiger partial charge in [-0.15, -0.1) is 0 Å². The average molecular weight is 252 g/mol. The first-order valence-electron chi connectivity index (χ1n) is 9.12. The molecular weight excluding hydrogens is 228 g/mol. The molecule has 3 spiro atoms. The van der Waals surface area contributed by atoms with Crippen molar-refractivity contribution in [1.29, 1.82) is 0 Å². The molecule has 8 fully saturated rings. The number of hydrogen-bond acceptors (Lipinski definition) is 0. The van der Waals surface area contributed by atoms with Crippen molar-refractivity contribution >= 4 is 0 Å². The quantitative estimate of drug-likeness (QED) is 0.615. The Morgan fingerprint density at radius 2 is 1.47 bits per heavy atom. The van der Waals surface area contributed by atoms with Crippen molar-refractivity contribution in [2.75, 3.05) is 0 Å². The number of rotatable bonds is 0. The molecule has 0 saturated heterocycles. The molecular formula is C19H24. The molecule has 100 valence electrons. The highest BCUT2D eigenvalue weighted by Gasteiger charge is 3.12. The first kappa shape index (κ1) is 9.11. The van der Waals surface area contributed by atoms with Crippen LogP contribution in [0.3, 0.4) is 0 Å². The molecule has 13 unspecified atom stereocenters. The van der Waals surface area contributed by atoms with Crippen molar-refractivity contribution in [1.82, 2.24) is 0 Å². The highest BCUT2D eigenvalue weighted by atomic mass is 15.2. The third-order valence-electron chi connectivity index (χ3n) is 12.2. The van der Waals surface area contributed by atoms with E-state index in [0.717, 1.165) is 33.5 Å². The molecule has 19 heavy (non-hydrogen) atoms. The zero-order chi connectivity index (χ0) is 12.3. The van der Waals surface area contributed by atoms with Crippen LogP contribution in [0.25, 0.3) is 0 Å². The zero-order valence-electron chi connectivity index (χ0n) is 12.3. The van der Waals surface area contributed by atoms with E-state index in [1.807, 2.05) is 0 Å². The van der Waals surface area contributed by atoms with E-state index in [1.54, 1.807) is 19.3 Å². The van der Waals surface area contributed by atoms with Gasteiger partial charge in [-0.25, -0.2) is 0 Å². The molecule has 0 heteroatoms. The van der Waals surface area contributed by atoms with Gasteiger partial charge in [0.15, 0.2) is 0 Å². The second-order valence-corrected chi connectivity index (χ2v) is 10.4.